The summed E-state index contributed by atoms with van der Waals surface area (Å²) in [7, 11) is 0. The van der Waals surface area contributed by atoms with Gasteiger partial charge in [0, 0.05) is 31.4 Å². The molecule has 2 fully saturated rings. The number of carbonyl (C=O) groups is 1. The van der Waals surface area contributed by atoms with Crippen LogP contribution < -0.4 is 0 Å². The summed E-state index contributed by atoms with van der Waals surface area (Å²) in [6.07, 6.45) is 8.63. The second kappa shape index (κ2) is 6.82. The maximum Gasteiger partial charge on any atom is 0.233 e. The standard InChI is InChI=1S/C21H22N6O/c28-20(21(8-9-21)16-4-2-1-3-5-16)27-12-6-15(7-13-27)18-24-19(26-25-18)17-14-22-10-11-23-17/h1-5,10-11,14-15H,6-9,12-13H2,(H,24,25,26). The normalized spacial score (nSPS) is 18.8. The van der Waals surface area contributed by atoms with Crippen LogP contribution in [0.5, 0.6) is 0 Å². The van der Waals surface area contributed by atoms with Crippen molar-refractivity contribution in [2.45, 2.75) is 37.0 Å². The molecule has 0 spiro atoms. The van der Waals surface area contributed by atoms with Crippen molar-refractivity contribution in [1.29, 1.82) is 0 Å². The smallest absolute Gasteiger partial charge is 0.233 e. The van der Waals surface area contributed by atoms with Crippen molar-refractivity contribution in [3.05, 3.63) is 60.3 Å². The Bertz CT molecular complexity index is 959. The first-order valence-electron chi connectivity index (χ1n) is 9.80. The predicted octanol–water partition coefficient (Wildman–Crippen LogP) is 2.70. The number of nitrogens with one attached hydrogen (secondary N) is 1. The number of hydrogen-bond donors (Lipinski definition) is 1. The first-order chi connectivity index (χ1) is 13.8. The number of H-pyrrole nitrogens is 1. The molecule has 28 heavy (non-hydrogen) atoms. The van der Waals surface area contributed by atoms with Crippen LogP contribution in [-0.4, -0.2) is 49.0 Å². The Hall–Kier alpha value is -3.09. The van der Waals surface area contributed by atoms with Gasteiger partial charge >= 0.3 is 0 Å². The highest BCUT2D eigenvalue weighted by atomic mass is 16.2. The van der Waals surface area contributed by atoms with Crippen LogP contribution in [0.2, 0.25) is 0 Å². The molecule has 7 nitrogen and oxygen atoms in total. The van der Waals surface area contributed by atoms with Crippen LogP contribution in [0, 0.1) is 0 Å². The minimum absolute atomic E-state index is 0.278. The summed E-state index contributed by atoms with van der Waals surface area (Å²) in [6, 6.07) is 10.2. The van der Waals surface area contributed by atoms with Gasteiger partial charge in [-0.1, -0.05) is 30.3 Å². The van der Waals surface area contributed by atoms with Gasteiger partial charge in [-0.2, -0.15) is 5.10 Å². The first kappa shape index (κ1) is 17.0. The minimum Gasteiger partial charge on any atom is -0.342 e. The average Bonchev–Trinajstić information content (AvgIpc) is 3.44. The van der Waals surface area contributed by atoms with E-state index < -0.39 is 0 Å². The van der Waals surface area contributed by atoms with Crippen molar-refractivity contribution in [3.63, 3.8) is 0 Å². The van der Waals surface area contributed by atoms with E-state index in [1.165, 1.54) is 0 Å². The summed E-state index contributed by atoms with van der Waals surface area (Å²) in [4.78, 5) is 28.1. The van der Waals surface area contributed by atoms with E-state index in [4.69, 9.17) is 0 Å². The van der Waals surface area contributed by atoms with Crippen molar-refractivity contribution in [3.8, 4) is 11.5 Å². The third-order valence-electron chi connectivity index (χ3n) is 5.95. The predicted molar refractivity (Wildman–Crippen MR) is 103 cm³/mol. The largest absolute Gasteiger partial charge is 0.342 e. The van der Waals surface area contributed by atoms with Gasteiger partial charge in [0.1, 0.15) is 11.5 Å². The van der Waals surface area contributed by atoms with Crippen molar-refractivity contribution >= 4 is 5.91 Å². The van der Waals surface area contributed by atoms with Crippen molar-refractivity contribution in [1.82, 2.24) is 30.0 Å². The summed E-state index contributed by atoms with van der Waals surface area (Å²) in [5.41, 5.74) is 1.54. The van der Waals surface area contributed by atoms with E-state index in [2.05, 4.69) is 37.3 Å². The number of rotatable bonds is 4. The van der Waals surface area contributed by atoms with E-state index in [1.807, 2.05) is 23.1 Å². The molecule has 1 aliphatic carbocycles. The van der Waals surface area contributed by atoms with Gasteiger partial charge in [-0.3, -0.25) is 14.9 Å². The summed E-state index contributed by atoms with van der Waals surface area (Å²) in [6.45, 7) is 1.53. The summed E-state index contributed by atoms with van der Waals surface area (Å²) < 4.78 is 0. The molecule has 3 aromatic rings. The molecule has 142 valence electrons. The van der Waals surface area contributed by atoms with Crippen LogP contribution in [0.25, 0.3) is 11.5 Å². The number of nitrogens with zero attached hydrogens (tertiary/aromatic N) is 5. The second-order valence-corrected chi connectivity index (χ2v) is 7.65. The lowest BCUT2D eigenvalue weighted by atomic mass is 9.91. The molecular formula is C21H22N6O. The van der Waals surface area contributed by atoms with E-state index in [0.717, 1.165) is 50.2 Å². The fourth-order valence-corrected chi connectivity index (χ4v) is 4.15. The van der Waals surface area contributed by atoms with Gasteiger partial charge in [-0.25, -0.2) is 9.97 Å². The lowest BCUT2D eigenvalue weighted by Crippen LogP contribution is -2.43. The van der Waals surface area contributed by atoms with E-state index in [-0.39, 0.29) is 17.2 Å². The van der Waals surface area contributed by atoms with Crippen molar-refractivity contribution in [2.75, 3.05) is 13.1 Å². The fourth-order valence-electron chi connectivity index (χ4n) is 4.15. The molecule has 0 bridgehead atoms. The Kier molecular flexibility index (Phi) is 4.15. The monoisotopic (exact) mass is 374 g/mol. The molecule has 7 heteroatoms. The van der Waals surface area contributed by atoms with Crippen LogP contribution >= 0.6 is 0 Å². The lowest BCUT2D eigenvalue weighted by Gasteiger charge is -2.33. The van der Waals surface area contributed by atoms with E-state index in [0.29, 0.717) is 11.5 Å². The van der Waals surface area contributed by atoms with Crippen LogP contribution in [-0.2, 0) is 10.2 Å². The van der Waals surface area contributed by atoms with Gasteiger partial charge in [0.2, 0.25) is 11.7 Å². The molecule has 1 N–H and O–H groups in total. The maximum absolute atomic E-state index is 13.2. The number of piperidine rings is 1. The number of aromatic amines is 1. The Balaban J connectivity index is 1.25. The second-order valence-electron chi connectivity index (χ2n) is 7.65. The SMILES string of the molecule is O=C(N1CCC(c2nc(-c3cnccn3)n[nH]2)CC1)C1(c2ccccc2)CC1. The number of amides is 1. The van der Waals surface area contributed by atoms with Crippen LogP contribution in [0.15, 0.2) is 48.9 Å². The topological polar surface area (TPSA) is 87.7 Å². The molecule has 5 rings (SSSR count). The summed E-state index contributed by atoms with van der Waals surface area (Å²) in [5.74, 6) is 2.02. The quantitative estimate of drug-likeness (QED) is 0.759. The van der Waals surface area contributed by atoms with Crippen molar-refractivity contribution < 1.29 is 4.79 Å². The number of benzene rings is 1. The zero-order valence-electron chi connectivity index (χ0n) is 15.6. The summed E-state index contributed by atoms with van der Waals surface area (Å²) in [5, 5.41) is 7.34. The molecule has 3 heterocycles. The van der Waals surface area contributed by atoms with Gasteiger partial charge < -0.3 is 4.90 Å². The molecule has 1 saturated heterocycles. The maximum atomic E-state index is 13.2. The molecule has 1 aliphatic heterocycles. The van der Waals surface area contributed by atoms with Crippen LogP contribution in [0.1, 0.15) is 43.0 Å². The molecule has 0 radical (unpaired) electrons. The molecule has 2 aliphatic rings. The third kappa shape index (κ3) is 2.96. The molecule has 0 atom stereocenters. The molecule has 0 unspecified atom stereocenters. The highest BCUT2D eigenvalue weighted by Crippen LogP contribution is 2.50. The highest BCUT2D eigenvalue weighted by molar-refractivity contribution is 5.91. The molecule has 1 amide bonds. The van der Waals surface area contributed by atoms with E-state index in [9.17, 15) is 4.79 Å². The van der Waals surface area contributed by atoms with Crippen LogP contribution in [0.3, 0.4) is 0 Å². The zero-order valence-corrected chi connectivity index (χ0v) is 15.6. The number of likely N-dealkylation sites (tertiary alicyclic amines) is 1. The van der Waals surface area contributed by atoms with E-state index in [1.54, 1.807) is 18.6 Å². The van der Waals surface area contributed by atoms with Gasteiger partial charge in [-0.05, 0) is 31.2 Å². The minimum atomic E-state index is -0.278. The Labute approximate surface area is 163 Å². The fraction of sp³-hybridized carbons (Fsp3) is 0.381. The van der Waals surface area contributed by atoms with E-state index >= 15 is 0 Å². The van der Waals surface area contributed by atoms with Gasteiger partial charge in [-0.15, -0.1) is 0 Å². The Morgan fingerprint density at radius 1 is 1.11 bits per heavy atom. The van der Waals surface area contributed by atoms with Gasteiger partial charge in [0.25, 0.3) is 0 Å². The highest BCUT2D eigenvalue weighted by Gasteiger charge is 2.53. The lowest BCUT2D eigenvalue weighted by molar-refractivity contribution is -0.135. The van der Waals surface area contributed by atoms with Gasteiger partial charge in [0.05, 0.1) is 11.6 Å². The van der Waals surface area contributed by atoms with Crippen LogP contribution in [0.4, 0.5) is 0 Å². The molecule has 1 aromatic carbocycles. The molecule has 1 saturated carbocycles. The third-order valence-corrected chi connectivity index (χ3v) is 5.95. The molecule has 2 aromatic heterocycles. The summed E-state index contributed by atoms with van der Waals surface area (Å²) >= 11 is 0. The number of aromatic nitrogens is 5. The van der Waals surface area contributed by atoms with Gasteiger partial charge in [0.15, 0.2) is 0 Å². The first-order valence-corrected chi connectivity index (χ1v) is 9.80. The Morgan fingerprint density at radius 2 is 1.89 bits per heavy atom. The average molecular weight is 374 g/mol. The zero-order chi connectivity index (χ0) is 19.0. The number of hydrogen-bond acceptors (Lipinski definition) is 5. The Morgan fingerprint density at radius 3 is 2.57 bits per heavy atom. The molecular weight excluding hydrogens is 352 g/mol. The number of carbonyl (C=O) groups excluding carboxylic acids is 1. The van der Waals surface area contributed by atoms with Crippen molar-refractivity contribution in [2.24, 2.45) is 0 Å².